The summed E-state index contributed by atoms with van der Waals surface area (Å²) in [5.74, 6) is -1.56. The average Bonchev–Trinajstić information content (AvgIpc) is 2.70. The van der Waals surface area contributed by atoms with Crippen LogP contribution >= 0.6 is 11.6 Å². The topological polar surface area (TPSA) is 69.7 Å². The molecule has 1 aromatic rings. The van der Waals surface area contributed by atoms with E-state index in [1.165, 1.54) is 23.2 Å². The van der Waals surface area contributed by atoms with Crippen molar-refractivity contribution in [3.8, 4) is 0 Å². The highest BCUT2D eigenvalue weighted by Crippen LogP contribution is 2.17. The maximum atomic E-state index is 14.0. The van der Waals surface area contributed by atoms with Crippen LogP contribution in [-0.2, 0) is 20.9 Å². The first-order chi connectivity index (χ1) is 14.1. The molecule has 0 aromatic heterocycles. The molecule has 0 aliphatic heterocycles. The van der Waals surface area contributed by atoms with Gasteiger partial charge < -0.3 is 19.9 Å². The predicted octanol–water partition coefficient (Wildman–Crippen LogP) is 3.52. The SMILES string of the molecule is C=CN(CC(=O)N(CC(=O)NCc1cccc(Cl)c1F)C(C)C)/C(C)=C/C(C)C=O. The fourth-order valence-electron chi connectivity index (χ4n) is 2.73. The highest BCUT2D eigenvalue weighted by atomic mass is 35.5. The third kappa shape index (κ3) is 7.63. The molecule has 0 aliphatic rings. The van der Waals surface area contributed by atoms with Gasteiger partial charge in [0.1, 0.15) is 18.6 Å². The standard InChI is InChI=1S/C22H29ClFN3O3/c1-6-26(17(5)10-16(4)14-28)13-21(30)27(15(2)3)12-20(29)25-11-18-8-7-9-19(23)22(18)24/h6-10,14-16H,1,11-13H2,2-5H3,(H,25,29)/b17-10+. The number of hydrogen-bond donors (Lipinski definition) is 1. The summed E-state index contributed by atoms with van der Waals surface area (Å²) in [7, 11) is 0. The van der Waals surface area contributed by atoms with Gasteiger partial charge in [0.05, 0.1) is 11.6 Å². The smallest absolute Gasteiger partial charge is 0.243 e. The second-order valence-corrected chi connectivity index (χ2v) is 7.63. The Morgan fingerprint density at radius 3 is 2.50 bits per heavy atom. The first-order valence-corrected chi connectivity index (χ1v) is 10.00. The molecule has 1 rings (SSSR count). The Kier molecular flexibility index (Phi) is 10.3. The predicted molar refractivity (Wildman–Crippen MR) is 116 cm³/mol. The summed E-state index contributed by atoms with van der Waals surface area (Å²) in [5, 5.41) is 2.60. The Bertz CT molecular complexity index is 811. The number of hydrogen-bond acceptors (Lipinski definition) is 4. The Hall–Kier alpha value is -2.67. The van der Waals surface area contributed by atoms with Crippen molar-refractivity contribution < 1.29 is 18.8 Å². The zero-order valence-corrected chi connectivity index (χ0v) is 18.6. The molecule has 0 saturated heterocycles. The summed E-state index contributed by atoms with van der Waals surface area (Å²) in [4.78, 5) is 39.1. The molecule has 0 fully saturated rings. The molecule has 0 bridgehead atoms. The first kappa shape index (κ1) is 25.4. The maximum Gasteiger partial charge on any atom is 0.243 e. The molecule has 0 saturated carbocycles. The zero-order chi connectivity index (χ0) is 22.8. The minimum Gasteiger partial charge on any atom is -0.350 e. The quantitative estimate of drug-likeness (QED) is 0.538. The van der Waals surface area contributed by atoms with E-state index in [9.17, 15) is 18.8 Å². The van der Waals surface area contributed by atoms with E-state index in [1.54, 1.807) is 44.7 Å². The molecule has 0 aliphatic carbocycles. The van der Waals surface area contributed by atoms with Crippen molar-refractivity contribution in [2.75, 3.05) is 13.1 Å². The minimum absolute atomic E-state index is 0.0161. The number of aldehydes is 1. The van der Waals surface area contributed by atoms with Crippen molar-refractivity contribution in [2.24, 2.45) is 5.92 Å². The van der Waals surface area contributed by atoms with E-state index >= 15 is 0 Å². The van der Waals surface area contributed by atoms with Gasteiger partial charge in [-0.15, -0.1) is 0 Å². The third-order valence-corrected chi connectivity index (χ3v) is 4.75. The number of rotatable bonds is 11. The zero-order valence-electron chi connectivity index (χ0n) is 17.8. The molecular weight excluding hydrogens is 409 g/mol. The van der Waals surface area contributed by atoms with Crippen LogP contribution in [0, 0.1) is 11.7 Å². The van der Waals surface area contributed by atoms with Gasteiger partial charge in [-0.3, -0.25) is 9.59 Å². The summed E-state index contributed by atoms with van der Waals surface area (Å²) in [6, 6.07) is 4.33. The second-order valence-electron chi connectivity index (χ2n) is 7.22. The van der Waals surface area contributed by atoms with Crippen molar-refractivity contribution in [1.82, 2.24) is 15.1 Å². The lowest BCUT2D eigenvalue weighted by Crippen LogP contribution is -2.47. The largest absolute Gasteiger partial charge is 0.350 e. The van der Waals surface area contributed by atoms with Crippen LogP contribution in [0.4, 0.5) is 4.39 Å². The molecule has 2 amide bonds. The van der Waals surface area contributed by atoms with Crippen LogP contribution in [0.3, 0.4) is 0 Å². The average molecular weight is 438 g/mol. The van der Waals surface area contributed by atoms with Crippen LogP contribution in [0.25, 0.3) is 0 Å². The van der Waals surface area contributed by atoms with Gasteiger partial charge in [-0.2, -0.15) is 0 Å². The van der Waals surface area contributed by atoms with Gasteiger partial charge in [-0.05, 0) is 33.0 Å². The highest BCUT2D eigenvalue weighted by molar-refractivity contribution is 6.30. The molecule has 0 spiro atoms. The fraction of sp³-hybridized carbons (Fsp3) is 0.409. The van der Waals surface area contributed by atoms with E-state index < -0.39 is 11.7 Å². The minimum atomic E-state index is -0.579. The van der Waals surface area contributed by atoms with E-state index in [4.69, 9.17) is 11.6 Å². The van der Waals surface area contributed by atoms with E-state index in [1.807, 2.05) is 0 Å². The first-order valence-electron chi connectivity index (χ1n) is 9.62. The van der Waals surface area contributed by atoms with E-state index in [0.717, 1.165) is 6.29 Å². The lowest BCUT2D eigenvalue weighted by Gasteiger charge is -2.29. The molecule has 0 radical (unpaired) electrons. The van der Waals surface area contributed by atoms with Crippen LogP contribution < -0.4 is 5.32 Å². The van der Waals surface area contributed by atoms with E-state index in [2.05, 4.69) is 11.9 Å². The number of allylic oxidation sites excluding steroid dienone is 2. The summed E-state index contributed by atoms with van der Waals surface area (Å²) < 4.78 is 14.0. The van der Waals surface area contributed by atoms with Gasteiger partial charge in [0, 0.05) is 29.8 Å². The summed E-state index contributed by atoms with van der Waals surface area (Å²) in [5.41, 5.74) is 0.976. The number of halogens is 2. The molecule has 1 unspecified atom stereocenters. The van der Waals surface area contributed by atoms with Crippen LogP contribution in [0.1, 0.15) is 33.3 Å². The number of carbonyl (C=O) groups excluding carboxylic acids is 3. The van der Waals surface area contributed by atoms with Gasteiger partial charge in [0.25, 0.3) is 0 Å². The number of nitrogens with zero attached hydrogens (tertiary/aromatic N) is 2. The Morgan fingerprint density at radius 2 is 1.93 bits per heavy atom. The molecule has 1 atom stereocenters. The van der Waals surface area contributed by atoms with Crippen molar-refractivity contribution in [1.29, 1.82) is 0 Å². The van der Waals surface area contributed by atoms with E-state index in [-0.39, 0.29) is 48.1 Å². The molecule has 1 aromatic carbocycles. The molecule has 6 nitrogen and oxygen atoms in total. The molecule has 164 valence electrons. The number of amides is 2. The van der Waals surface area contributed by atoms with Gasteiger partial charge in [0.2, 0.25) is 11.8 Å². The van der Waals surface area contributed by atoms with Crippen molar-refractivity contribution in [3.05, 3.63) is 59.2 Å². The lowest BCUT2D eigenvalue weighted by molar-refractivity contribution is -0.138. The third-order valence-electron chi connectivity index (χ3n) is 4.46. The van der Waals surface area contributed by atoms with Gasteiger partial charge >= 0.3 is 0 Å². The molecule has 0 heterocycles. The van der Waals surface area contributed by atoms with Gasteiger partial charge in [-0.25, -0.2) is 4.39 Å². The summed E-state index contributed by atoms with van der Waals surface area (Å²) in [6.07, 6.45) is 4.04. The van der Waals surface area contributed by atoms with Gasteiger partial charge in [-0.1, -0.05) is 43.3 Å². The van der Waals surface area contributed by atoms with Crippen LogP contribution in [0.15, 0.2) is 42.8 Å². The summed E-state index contributed by atoms with van der Waals surface area (Å²) >= 11 is 5.75. The highest BCUT2D eigenvalue weighted by Gasteiger charge is 2.22. The monoisotopic (exact) mass is 437 g/mol. The maximum absolute atomic E-state index is 14.0. The Morgan fingerprint density at radius 1 is 1.27 bits per heavy atom. The van der Waals surface area contributed by atoms with Crippen molar-refractivity contribution in [2.45, 2.75) is 40.3 Å². The van der Waals surface area contributed by atoms with E-state index in [0.29, 0.717) is 5.70 Å². The Balaban J connectivity index is 2.78. The van der Waals surface area contributed by atoms with Gasteiger partial charge in [0.15, 0.2) is 0 Å². The number of benzene rings is 1. The molecular formula is C22H29ClFN3O3. The fourth-order valence-corrected chi connectivity index (χ4v) is 2.93. The Labute approximate surface area is 182 Å². The molecule has 1 N–H and O–H groups in total. The lowest BCUT2D eigenvalue weighted by atomic mass is 10.1. The van der Waals surface area contributed by atoms with Crippen LogP contribution in [0.2, 0.25) is 5.02 Å². The van der Waals surface area contributed by atoms with Crippen molar-refractivity contribution in [3.63, 3.8) is 0 Å². The molecule has 8 heteroatoms. The van der Waals surface area contributed by atoms with Crippen molar-refractivity contribution >= 4 is 29.7 Å². The second kappa shape index (κ2) is 12.1. The summed E-state index contributed by atoms with van der Waals surface area (Å²) in [6.45, 7) is 10.6. The number of nitrogens with one attached hydrogen (secondary N) is 1. The molecule has 30 heavy (non-hydrogen) atoms. The normalized spacial score (nSPS) is 12.3. The van der Waals surface area contributed by atoms with Crippen LogP contribution in [-0.4, -0.2) is 47.0 Å². The van der Waals surface area contributed by atoms with Crippen LogP contribution in [0.5, 0.6) is 0 Å². The number of carbonyl (C=O) groups is 3.